The number of carboxylic acid groups (broad SMARTS) is 1. The van der Waals surface area contributed by atoms with E-state index in [1.807, 2.05) is 68.4 Å². The number of anilines is 1. The lowest BCUT2D eigenvalue weighted by molar-refractivity contribution is -0.871. The zero-order valence-corrected chi connectivity index (χ0v) is 14.8. The monoisotopic (exact) mass is 345 g/mol. The van der Waals surface area contributed by atoms with E-state index in [9.17, 15) is 9.59 Å². The Bertz CT molecular complexity index is 720. The largest absolute Gasteiger partial charge is 0.481 e. The summed E-state index contributed by atoms with van der Waals surface area (Å²) in [7, 11) is 5.86. The topological polar surface area (TPSA) is 83.4 Å². The first-order valence-corrected chi connectivity index (χ1v) is 8.06. The van der Waals surface area contributed by atoms with Gasteiger partial charge in [-0.3, -0.25) is 4.79 Å². The van der Waals surface area contributed by atoms with Gasteiger partial charge < -0.3 is 24.8 Å². The Hall–Kier alpha value is -2.80. The van der Waals surface area contributed by atoms with Crippen LogP contribution < -0.4 is 10.6 Å². The highest BCUT2D eigenvalue weighted by Crippen LogP contribution is 2.15. The van der Waals surface area contributed by atoms with Crippen molar-refractivity contribution in [3.8, 4) is 5.69 Å². The average Bonchev–Trinajstić information content (AvgIpc) is 2.98. The summed E-state index contributed by atoms with van der Waals surface area (Å²) in [6.45, 7) is 0.517. The fraction of sp³-hybridized carbons (Fsp3) is 0.333. The van der Waals surface area contributed by atoms with Crippen LogP contribution in [0.4, 0.5) is 10.5 Å². The molecule has 25 heavy (non-hydrogen) atoms. The zero-order chi connectivity index (χ0) is 18.4. The normalized spacial score (nSPS) is 12.4. The van der Waals surface area contributed by atoms with E-state index in [1.165, 1.54) is 0 Å². The van der Waals surface area contributed by atoms with Gasteiger partial charge in [0.1, 0.15) is 0 Å². The summed E-state index contributed by atoms with van der Waals surface area (Å²) >= 11 is 0. The molecule has 3 N–H and O–H groups in total. The number of aromatic nitrogens is 1. The number of hydrogen-bond acceptors (Lipinski definition) is 2. The van der Waals surface area contributed by atoms with Crippen LogP contribution in [-0.2, 0) is 4.79 Å². The van der Waals surface area contributed by atoms with Crippen LogP contribution in [0.1, 0.15) is 6.42 Å². The van der Waals surface area contributed by atoms with Gasteiger partial charge in [-0.1, -0.05) is 6.07 Å². The third kappa shape index (κ3) is 6.31. The van der Waals surface area contributed by atoms with Crippen molar-refractivity contribution < 1.29 is 19.2 Å². The van der Waals surface area contributed by atoms with Crippen LogP contribution >= 0.6 is 0 Å². The van der Waals surface area contributed by atoms with E-state index in [0.717, 1.165) is 5.69 Å². The minimum atomic E-state index is -0.937. The van der Waals surface area contributed by atoms with Gasteiger partial charge in [0.2, 0.25) is 0 Å². The van der Waals surface area contributed by atoms with Gasteiger partial charge in [0.05, 0.1) is 40.2 Å². The van der Waals surface area contributed by atoms with E-state index >= 15 is 0 Å². The summed E-state index contributed by atoms with van der Waals surface area (Å²) < 4.78 is 2.49. The Morgan fingerprint density at radius 3 is 2.44 bits per heavy atom. The lowest BCUT2D eigenvalue weighted by Crippen LogP contribution is -2.50. The molecule has 7 heteroatoms. The smallest absolute Gasteiger partial charge is 0.319 e. The first-order valence-electron chi connectivity index (χ1n) is 8.06. The maximum Gasteiger partial charge on any atom is 0.319 e. The molecule has 0 aliphatic heterocycles. The number of carbonyl (C=O) groups is 2. The molecule has 0 spiro atoms. The van der Waals surface area contributed by atoms with Crippen molar-refractivity contribution in [1.29, 1.82) is 0 Å². The van der Waals surface area contributed by atoms with E-state index in [2.05, 4.69) is 10.6 Å². The van der Waals surface area contributed by atoms with Gasteiger partial charge in [-0.2, -0.15) is 0 Å². The number of quaternary nitrogens is 1. The summed E-state index contributed by atoms with van der Waals surface area (Å²) in [5.74, 6) is -0.937. The summed E-state index contributed by atoms with van der Waals surface area (Å²) in [6, 6.07) is 10.4. The summed E-state index contributed by atoms with van der Waals surface area (Å²) in [5.41, 5.74) is 1.57. The van der Waals surface area contributed by atoms with E-state index in [0.29, 0.717) is 16.7 Å². The molecule has 0 saturated carbocycles. The molecule has 0 fully saturated rings. The van der Waals surface area contributed by atoms with Gasteiger partial charge in [0.25, 0.3) is 0 Å². The highest BCUT2D eigenvalue weighted by molar-refractivity contribution is 5.90. The van der Waals surface area contributed by atoms with Gasteiger partial charge in [-0.25, -0.2) is 4.79 Å². The molecule has 0 aliphatic carbocycles. The molecule has 0 radical (unpaired) electrons. The summed E-state index contributed by atoms with van der Waals surface area (Å²) in [5, 5.41) is 14.6. The number of nitrogens with zero attached hydrogens (tertiary/aromatic N) is 2. The minimum Gasteiger partial charge on any atom is -0.481 e. The third-order valence-electron chi connectivity index (χ3n) is 3.53. The van der Waals surface area contributed by atoms with Crippen LogP contribution in [0.5, 0.6) is 0 Å². The third-order valence-corrected chi connectivity index (χ3v) is 3.53. The molecular weight excluding hydrogens is 320 g/mol. The molecular formula is C18H25N4O3+. The number of likely N-dealkylation sites (N-methyl/N-ethyl adjacent to an activating group) is 1. The maximum atomic E-state index is 12.3. The van der Waals surface area contributed by atoms with Crippen molar-refractivity contribution in [3.05, 3.63) is 48.8 Å². The lowest BCUT2D eigenvalue weighted by atomic mass is 10.2. The Labute approximate surface area is 147 Å². The second-order valence-electron chi connectivity index (χ2n) is 7.01. The quantitative estimate of drug-likeness (QED) is 0.672. The van der Waals surface area contributed by atoms with Crippen LogP contribution in [0, 0.1) is 0 Å². The maximum absolute atomic E-state index is 12.3. The van der Waals surface area contributed by atoms with Crippen molar-refractivity contribution in [1.82, 2.24) is 9.88 Å². The highest BCUT2D eigenvalue weighted by Gasteiger charge is 2.22. The number of amides is 2. The van der Waals surface area contributed by atoms with E-state index in [-0.39, 0.29) is 6.42 Å². The molecule has 1 heterocycles. The van der Waals surface area contributed by atoms with Crippen molar-refractivity contribution >= 4 is 17.7 Å². The minimum absolute atomic E-state index is 0.119. The van der Waals surface area contributed by atoms with Gasteiger partial charge >= 0.3 is 12.0 Å². The Morgan fingerprint density at radius 1 is 1.16 bits per heavy atom. The number of aliphatic carboxylic acids is 1. The summed E-state index contributed by atoms with van der Waals surface area (Å²) in [6.07, 6.45) is 3.72. The molecule has 2 aromatic rings. The van der Waals surface area contributed by atoms with Crippen LogP contribution in [0.15, 0.2) is 48.8 Å². The number of carboxylic acids is 1. The molecule has 134 valence electrons. The van der Waals surface area contributed by atoms with Crippen molar-refractivity contribution in [2.24, 2.45) is 0 Å². The predicted octanol–water partition coefficient (Wildman–Crippen LogP) is 2.15. The van der Waals surface area contributed by atoms with Crippen molar-refractivity contribution in [3.63, 3.8) is 0 Å². The molecule has 2 amide bonds. The number of nitrogens with one attached hydrogen (secondary N) is 2. The van der Waals surface area contributed by atoms with Crippen LogP contribution in [-0.4, -0.2) is 59.9 Å². The Morgan fingerprint density at radius 2 is 1.84 bits per heavy atom. The Kier molecular flexibility index (Phi) is 5.82. The highest BCUT2D eigenvalue weighted by atomic mass is 16.4. The van der Waals surface area contributed by atoms with Crippen LogP contribution in [0.3, 0.4) is 0 Å². The summed E-state index contributed by atoms with van der Waals surface area (Å²) in [4.78, 5) is 23.3. The molecule has 0 unspecified atom stereocenters. The molecule has 1 aromatic heterocycles. The number of hydrogen-bond donors (Lipinski definition) is 3. The fourth-order valence-electron chi connectivity index (χ4n) is 2.64. The van der Waals surface area contributed by atoms with Crippen molar-refractivity contribution in [2.75, 3.05) is 33.0 Å². The van der Waals surface area contributed by atoms with Crippen LogP contribution in [0.25, 0.3) is 5.69 Å². The molecule has 0 aliphatic rings. The number of rotatable bonds is 7. The second kappa shape index (κ2) is 7.85. The molecule has 7 nitrogen and oxygen atoms in total. The standard InChI is InChI=1S/C18H24N4O3/c1-22(2,3)13-15(12-17(23)24)20-18(25)19-14-7-6-8-16(11-14)21-9-4-5-10-21/h4-11,15H,12-13H2,1-3H3,(H2-,19,20,23,24,25)/p+1/t15-/m1/s1. The van der Waals surface area contributed by atoms with Gasteiger partial charge in [-0.15, -0.1) is 0 Å². The first kappa shape index (κ1) is 18.5. The van der Waals surface area contributed by atoms with Crippen LogP contribution in [0.2, 0.25) is 0 Å². The Balaban J connectivity index is 2.02. The lowest BCUT2D eigenvalue weighted by Gasteiger charge is -2.29. The van der Waals surface area contributed by atoms with E-state index in [4.69, 9.17) is 5.11 Å². The van der Waals surface area contributed by atoms with E-state index < -0.39 is 18.0 Å². The van der Waals surface area contributed by atoms with Crippen molar-refractivity contribution in [2.45, 2.75) is 12.5 Å². The molecule has 1 atom stereocenters. The predicted molar refractivity (Wildman–Crippen MR) is 96.9 cm³/mol. The number of urea groups is 1. The zero-order valence-electron chi connectivity index (χ0n) is 14.8. The SMILES string of the molecule is C[N+](C)(C)C[C@@H](CC(=O)O)NC(=O)Nc1cccc(-n2cccc2)c1. The molecule has 1 aromatic carbocycles. The molecule has 0 saturated heterocycles. The number of carbonyl (C=O) groups excluding carboxylic acids is 1. The molecule has 2 rings (SSSR count). The van der Waals surface area contributed by atoms with E-state index in [1.54, 1.807) is 6.07 Å². The van der Waals surface area contributed by atoms with Gasteiger partial charge in [0, 0.05) is 23.8 Å². The van der Waals surface area contributed by atoms with Gasteiger partial charge in [0.15, 0.2) is 0 Å². The van der Waals surface area contributed by atoms with Gasteiger partial charge in [-0.05, 0) is 30.3 Å². The second-order valence-corrected chi connectivity index (χ2v) is 7.01. The average molecular weight is 345 g/mol. The number of benzene rings is 1. The molecule has 0 bridgehead atoms. The fourth-order valence-corrected chi connectivity index (χ4v) is 2.64. The first-order chi connectivity index (χ1) is 11.7.